The first-order valence-electron chi connectivity index (χ1n) is 10.3. The molecule has 0 atom stereocenters. The summed E-state index contributed by atoms with van der Waals surface area (Å²) in [6, 6.07) is 33.4. The molecule has 4 aromatic carbocycles. The van der Waals surface area contributed by atoms with Crippen LogP contribution < -0.4 is 5.01 Å². The normalized spacial score (nSPS) is 11.5. The minimum Gasteiger partial charge on any atom is -0.354 e. The van der Waals surface area contributed by atoms with Crippen LogP contribution in [0.4, 0.5) is 11.4 Å². The number of H-pyrrole nitrogens is 1. The summed E-state index contributed by atoms with van der Waals surface area (Å²) in [7, 11) is 0. The summed E-state index contributed by atoms with van der Waals surface area (Å²) >= 11 is 0. The highest BCUT2D eigenvalue weighted by Crippen LogP contribution is 2.30. The van der Waals surface area contributed by atoms with E-state index in [0.717, 1.165) is 34.4 Å². The molecule has 0 spiro atoms. The van der Waals surface area contributed by atoms with Crippen molar-refractivity contribution >= 4 is 39.4 Å². The van der Waals surface area contributed by atoms with Crippen molar-refractivity contribution in [2.45, 2.75) is 13.3 Å². The highest BCUT2D eigenvalue weighted by Gasteiger charge is 2.12. The smallest absolute Gasteiger partial charge is 0.0652 e. The van der Waals surface area contributed by atoms with E-state index in [9.17, 15) is 0 Å². The van der Waals surface area contributed by atoms with E-state index < -0.39 is 0 Å². The predicted molar refractivity (Wildman–Crippen MR) is 128 cm³/mol. The van der Waals surface area contributed by atoms with Crippen molar-refractivity contribution in [3.05, 3.63) is 108 Å². The van der Waals surface area contributed by atoms with Crippen molar-refractivity contribution < 1.29 is 0 Å². The van der Waals surface area contributed by atoms with Gasteiger partial charge in [0.2, 0.25) is 0 Å². The lowest BCUT2D eigenvalue weighted by Crippen LogP contribution is -2.09. The standard InChI is InChI=1S/C27H23N3/c1-2-20-17-18-24-23-15-9-10-16-26(23)29-27(24)25(20)19-28-30(21-11-5-3-6-12-21)22-13-7-4-8-14-22/h3-19,29H,2H2,1H3. The fourth-order valence-electron chi connectivity index (χ4n) is 3.98. The van der Waals surface area contributed by atoms with E-state index in [1.165, 1.54) is 16.3 Å². The number of aromatic amines is 1. The van der Waals surface area contributed by atoms with E-state index >= 15 is 0 Å². The number of aryl methyl sites for hydroxylation is 1. The maximum Gasteiger partial charge on any atom is 0.0652 e. The summed E-state index contributed by atoms with van der Waals surface area (Å²) in [6.45, 7) is 2.19. The molecule has 0 radical (unpaired) electrons. The molecule has 3 heteroatoms. The molecule has 5 aromatic rings. The molecule has 0 aliphatic rings. The van der Waals surface area contributed by atoms with Crippen molar-refractivity contribution in [1.82, 2.24) is 4.98 Å². The molecular weight excluding hydrogens is 366 g/mol. The molecule has 146 valence electrons. The van der Waals surface area contributed by atoms with Crippen LogP contribution in [0.3, 0.4) is 0 Å². The third kappa shape index (κ3) is 3.25. The van der Waals surface area contributed by atoms with Gasteiger partial charge < -0.3 is 4.98 Å². The van der Waals surface area contributed by atoms with Crippen molar-refractivity contribution in [3.63, 3.8) is 0 Å². The van der Waals surface area contributed by atoms with Gasteiger partial charge in [-0.3, -0.25) is 0 Å². The van der Waals surface area contributed by atoms with Crippen LogP contribution in [0.2, 0.25) is 0 Å². The summed E-state index contributed by atoms with van der Waals surface area (Å²) in [4.78, 5) is 3.61. The van der Waals surface area contributed by atoms with Crippen molar-refractivity contribution in [3.8, 4) is 0 Å². The largest absolute Gasteiger partial charge is 0.354 e. The van der Waals surface area contributed by atoms with E-state index in [1.807, 2.05) is 47.6 Å². The average Bonchev–Trinajstić information content (AvgIpc) is 3.19. The van der Waals surface area contributed by atoms with Gasteiger partial charge in [-0.05, 0) is 42.3 Å². The molecule has 0 amide bonds. The second-order valence-electron chi connectivity index (χ2n) is 7.31. The summed E-state index contributed by atoms with van der Waals surface area (Å²) in [6.07, 6.45) is 2.94. The number of rotatable bonds is 5. The number of aromatic nitrogens is 1. The van der Waals surface area contributed by atoms with E-state index in [4.69, 9.17) is 5.10 Å². The first-order chi connectivity index (χ1) is 14.8. The van der Waals surface area contributed by atoms with Crippen molar-refractivity contribution in [1.29, 1.82) is 0 Å². The Morgan fingerprint density at radius 2 is 1.37 bits per heavy atom. The van der Waals surface area contributed by atoms with E-state index in [-0.39, 0.29) is 0 Å². The number of para-hydroxylation sites is 3. The minimum absolute atomic E-state index is 0.948. The Morgan fingerprint density at radius 1 is 0.733 bits per heavy atom. The lowest BCUT2D eigenvalue weighted by molar-refractivity contribution is 1.09. The maximum absolute atomic E-state index is 4.95. The van der Waals surface area contributed by atoms with E-state index in [2.05, 4.69) is 72.6 Å². The molecule has 1 aromatic heterocycles. The number of hydrogen-bond acceptors (Lipinski definition) is 2. The zero-order valence-electron chi connectivity index (χ0n) is 16.9. The van der Waals surface area contributed by atoms with Gasteiger partial charge in [0.15, 0.2) is 0 Å². The third-order valence-corrected chi connectivity index (χ3v) is 5.50. The molecule has 5 rings (SSSR count). The first kappa shape index (κ1) is 18.2. The number of anilines is 2. The number of nitrogens with zero attached hydrogens (tertiary/aromatic N) is 2. The molecule has 0 unspecified atom stereocenters. The van der Waals surface area contributed by atoms with Gasteiger partial charge >= 0.3 is 0 Å². The molecule has 30 heavy (non-hydrogen) atoms. The number of benzene rings is 4. The molecule has 0 aliphatic heterocycles. The Kier molecular flexibility index (Phi) is 4.78. The van der Waals surface area contributed by atoms with Gasteiger partial charge in [-0.1, -0.05) is 73.7 Å². The van der Waals surface area contributed by atoms with Gasteiger partial charge in [-0.15, -0.1) is 0 Å². The highest BCUT2D eigenvalue weighted by molar-refractivity contribution is 6.12. The zero-order valence-corrected chi connectivity index (χ0v) is 16.9. The van der Waals surface area contributed by atoms with Gasteiger partial charge in [-0.25, -0.2) is 5.01 Å². The molecule has 1 N–H and O–H groups in total. The molecule has 0 aliphatic carbocycles. The van der Waals surface area contributed by atoms with Crippen molar-refractivity contribution in [2.75, 3.05) is 5.01 Å². The quantitative estimate of drug-likeness (QED) is 0.253. The van der Waals surface area contributed by atoms with E-state index in [1.54, 1.807) is 0 Å². The lowest BCUT2D eigenvalue weighted by Gasteiger charge is -2.19. The maximum atomic E-state index is 4.95. The molecule has 3 nitrogen and oxygen atoms in total. The lowest BCUT2D eigenvalue weighted by atomic mass is 10.0. The summed E-state index contributed by atoms with van der Waals surface area (Å²) < 4.78 is 0. The monoisotopic (exact) mass is 389 g/mol. The van der Waals surface area contributed by atoms with Crippen LogP contribution >= 0.6 is 0 Å². The van der Waals surface area contributed by atoms with Crippen LogP contribution in [0.1, 0.15) is 18.1 Å². The van der Waals surface area contributed by atoms with Gasteiger partial charge in [0, 0.05) is 21.9 Å². The SMILES string of the molecule is CCc1ccc2c([nH]c3ccccc32)c1C=NN(c1ccccc1)c1ccccc1. The van der Waals surface area contributed by atoms with Crippen LogP contribution in [-0.2, 0) is 6.42 Å². The van der Waals surface area contributed by atoms with Crippen molar-refractivity contribution in [2.24, 2.45) is 5.10 Å². The average molecular weight is 390 g/mol. The first-order valence-corrected chi connectivity index (χ1v) is 10.3. The topological polar surface area (TPSA) is 31.4 Å². The molecule has 0 saturated heterocycles. The minimum atomic E-state index is 0.948. The molecule has 0 bridgehead atoms. The molecular formula is C27H23N3. The van der Waals surface area contributed by atoms with Gasteiger partial charge in [-0.2, -0.15) is 5.10 Å². The molecule has 0 fully saturated rings. The number of fused-ring (bicyclic) bond motifs is 3. The number of nitrogens with one attached hydrogen (secondary N) is 1. The third-order valence-electron chi connectivity index (χ3n) is 5.50. The van der Waals surface area contributed by atoms with Gasteiger partial charge in [0.05, 0.1) is 23.1 Å². The van der Waals surface area contributed by atoms with Gasteiger partial charge in [0.25, 0.3) is 0 Å². The Bertz CT molecular complexity index is 1280. The Hall–Kier alpha value is -3.85. The number of hydrazone groups is 1. The summed E-state index contributed by atoms with van der Waals surface area (Å²) in [5.74, 6) is 0. The highest BCUT2D eigenvalue weighted by atomic mass is 15.5. The van der Waals surface area contributed by atoms with Crippen LogP contribution in [-0.4, -0.2) is 11.2 Å². The fourth-order valence-corrected chi connectivity index (χ4v) is 3.98. The Balaban J connectivity index is 1.67. The van der Waals surface area contributed by atoms with Crippen LogP contribution in [0.15, 0.2) is 102 Å². The van der Waals surface area contributed by atoms with Crippen LogP contribution in [0, 0.1) is 0 Å². The second kappa shape index (κ2) is 7.88. The number of hydrogen-bond donors (Lipinski definition) is 1. The molecule has 0 saturated carbocycles. The molecule has 1 heterocycles. The fraction of sp³-hybridized carbons (Fsp3) is 0.0741. The Labute approximate surface area is 176 Å². The second-order valence-corrected chi connectivity index (χ2v) is 7.31. The predicted octanol–water partition coefficient (Wildman–Crippen LogP) is 7.06. The Morgan fingerprint density at radius 3 is 2.03 bits per heavy atom. The van der Waals surface area contributed by atoms with E-state index in [0.29, 0.717) is 0 Å². The van der Waals surface area contributed by atoms with Gasteiger partial charge in [0.1, 0.15) is 0 Å². The van der Waals surface area contributed by atoms with Crippen LogP contribution in [0.5, 0.6) is 0 Å². The van der Waals surface area contributed by atoms with Crippen LogP contribution in [0.25, 0.3) is 21.8 Å². The zero-order chi connectivity index (χ0) is 20.3. The summed E-state index contributed by atoms with van der Waals surface area (Å²) in [5, 5.41) is 9.41. The summed E-state index contributed by atoms with van der Waals surface area (Å²) in [5.41, 5.74) is 6.77.